The fraction of sp³-hybridized carbons (Fsp3) is 0.529. The lowest BCUT2D eigenvalue weighted by molar-refractivity contribution is 0.122. The number of ether oxygens (including phenoxy) is 2. The number of hydrogen-bond donors (Lipinski definition) is 1. The van der Waals surface area contributed by atoms with Crippen molar-refractivity contribution in [3.05, 3.63) is 30.0 Å². The van der Waals surface area contributed by atoms with Gasteiger partial charge in [0.05, 0.1) is 13.7 Å². The van der Waals surface area contributed by atoms with Crippen molar-refractivity contribution in [3.8, 4) is 5.75 Å². The molecule has 0 atom stereocenters. The monoisotopic (exact) mass is 289 g/mol. The average molecular weight is 289 g/mol. The highest BCUT2D eigenvalue weighted by molar-refractivity contribution is 5.83. The lowest BCUT2D eigenvalue weighted by atomic mass is 10.2. The van der Waals surface area contributed by atoms with Gasteiger partial charge in [-0.05, 0) is 43.9 Å². The first-order chi connectivity index (χ1) is 10.4. The Labute approximate surface area is 125 Å². The van der Waals surface area contributed by atoms with E-state index in [9.17, 15) is 0 Å². The van der Waals surface area contributed by atoms with Gasteiger partial charge in [0.1, 0.15) is 5.76 Å². The average Bonchev–Trinajstić information content (AvgIpc) is 3.23. The lowest BCUT2D eigenvalue weighted by Gasteiger charge is -2.04. The second-order valence-electron chi connectivity index (χ2n) is 5.64. The lowest BCUT2D eigenvalue weighted by Crippen LogP contribution is -2.16. The van der Waals surface area contributed by atoms with Crippen LogP contribution in [-0.4, -0.2) is 26.9 Å². The minimum Gasteiger partial charge on any atom is -0.493 e. The van der Waals surface area contributed by atoms with E-state index >= 15 is 0 Å². The van der Waals surface area contributed by atoms with Gasteiger partial charge in [0.2, 0.25) is 0 Å². The molecule has 1 N–H and O–H groups in total. The molecule has 114 valence electrons. The molecule has 4 heteroatoms. The van der Waals surface area contributed by atoms with E-state index in [1.165, 1.54) is 12.8 Å². The first-order valence-electron chi connectivity index (χ1n) is 7.70. The third kappa shape index (κ3) is 3.99. The zero-order valence-electron chi connectivity index (χ0n) is 12.6. The third-order valence-corrected chi connectivity index (χ3v) is 3.77. The smallest absolute Gasteiger partial charge is 0.176 e. The molecule has 2 aromatic rings. The second-order valence-corrected chi connectivity index (χ2v) is 5.64. The summed E-state index contributed by atoms with van der Waals surface area (Å²) in [5.41, 5.74) is 0.824. The van der Waals surface area contributed by atoms with Crippen molar-refractivity contribution in [2.75, 3.05) is 26.9 Å². The van der Waals surface area contributed by atoms with Crippen LogP contribution in [0, 0.1) is 5.92 Å². The highest BCUT2D eigenvalue weighted by Crippen LogP contribution is 2.29. The molecule has 0 aliphatic heterocycles. The summed E-state index contributed by atoms with van der Waals surface area (Å²) < 4.78 is 16.8. The van der Waals surface area contributed by atoms with Crippen molar-refractivity contribution in [2.45, 2.75) is 25.8 Å². The fourth-order valence-corrected chi connectivity index (χ4v) is 2.38. The SMILES string of the molecule is COc1cccc2cc(CNCCCOCC3CC3)oc12. The Morgan fingerprint density at radius 3 is 3.05 bits per heavy atom. The molecule has 0 radical (unpaired) electrons. The van der Waals surface area contributed by atoms with Crippen molar-refractivity contribution in [1.29, 1.82) is 0 Å². The van der Waals surface area contributed by atoms with Crippen LogP contribution in [0.5, 0.6) is 5.75 Å². The Kier molecular flexibility index (Phi) is 4.78. The molecule has 1 aromatic heterocycles. The molecule has 1 saturated carbocycles. The molecule has 21 heavy (non-hydrogen) atoms. The molecule has 1 aromatic carbocycles. The van der Waals surface area contributed by atoms with E-state index in [2.05, 4.69) is 11.4 Å². The van der Waals surface area contributed by atoms with Crippen LogP contribution in [0.1, 0.15) is 25.0 Å². The summed E-state index contributed by atoms with van der Waals surface area (Å²) in [4.78, 5) is 0. The Bertz CT molecular complexity index is 574. The van der Waals surface area contributed by atoms with Crippen molar-refractivity contribution < 1.29 is 13.9 Å². The fourth-order valence-electron chi connectivity index (χ4n) is 2.38. The van der Waals surface area contributed by atoms with Crippen LogP contribution in [0.3, 0.4) is 0 Å². The first-order valence-corrected chi connectivity index (χ1v) is 7.70. The summed E-state index contributed by atoms with van der Waals surface area (Å²) in [6.07, 6.45) is 3.75. The highest BCUT2D eigenvalue weighted by atomic mass is 16.5. The zero-order chi connectivity index (χ0) is 14.5. The van der Waals surface area contributed by atoms with E-state index in [0.29, 0.717) is 0 Å². The number of hydrogen-bond acceptors (Lipinski definition) is 4. The van der Waals surface area contributed by atoms with E-state index in [-0.39, 0.29) is 0 Å². The Morgan fingerprint density at radius 2 is 2.24 bits per heavy atom. The van der Waals surface area contributed by atoms with Crippen LogP contribution in [0.25, 0.3) is 11.0 Å². The summed E-state index contributed by atoms with van der Waals surface area (Å²) in [7, 11) is 1.66. The number of benzene rings is 1. The number of rotatable bonds is 9. The van der Waals surface area contributed by atoms with Crippen LogP contribution in [-0.2, 0) is 11.3 Å². The summed E-state index contributed by atoms with van der Waals surface area (Å²) >= 11 is 0. The molecule has 0 bridgehead atoms. The maximum Gasteiger partial charge on any atom is 0.176 e. The molecule has 0 spiro atoms. The molecule has 1 aliphatic carbocycles. The maximum absolute atomic E-state index is 5.84. The van der Waals surface area contributed by atoms with Gasteiger partial charge >= 0.3 is 0 Å². The Hall–Kier alpha value is -1.52. The molecule has 1 aliphatic rings. The molecule has 0 saturated heterocycles. The van der Waals surface area contributed by atoms with Crippen molar-refractivity contribution >= 4 is 11.0 Å². The maximum atomic E-state index is 5.84. The normalized spacial score (nSPS) is 14.7. The zero-order valence-corrected chi connectivity index (χ0v) is 12.6. The van der Waals surface area contributed by atoms with Gasteiger partial charge in [0, 0.05) is 18.6 Å². The van der Waals surface area contributed by atoms with Gasteiger partial charge in [-0.15, -0.1) is 0 Å². The molecular weight excluding hydrogens is 266 g/mol. The quantitative estimate of drug-likeness (QED) is 0.719. The third-order valence-electron chi connectivity index (χ3n) is 3.77. The summed E-state index contributed by atoms with van der Waals surface area (Å²) in [5.74, 6) is 2.57. The van der Waals surface area contributed by atoms with Crippen LogP contribution >= 0.6 is 0 Å². The van der Waals surface area contributed by atoms with Gasteiger partial charge in [0.25, 0.3) is 0 Å². The number of fused-ring (bicyclic) bond motifs is 1. The predicted molar refractivity (Wildman–Crippen MR) is 82.6 cm³/mol. The van der Waals surface area contributed by atoms with Crippen molar-refractivity contribution in [1.82, 2.24) is 5.32 Å². The number of para-hydroxylation sites is 1. The molecule has 0 amide bonds. The van der Waals surface area contributed by atoms with E-state index < -0.39 is 0 Å². The van der Waals surface area contributed by atoms with Crippen LogP contribution in [0.15, 0.2) is 28.7 Å². The van der Waals surface area contributed by atoms with E-state index in [1.807, 2.05) is 18.2 Å². The van der Waals surface area contributed by atoms with Gasteiger partial charge in [-0.1, -0.05) is 12.1 Å². The van der Waals surface area contributed by atoms with Crippen LogP contribution in [0.2, 0.25) is 0 Å². The molecule has 0 unspecified atom stereocenters. The summed E-state index contributed by atoms with van der Waals surface area (Å²) in [6, 6.07) is 8.00. The summed E-state index contributed by atoms with van der Waals surface area (Å²) in [6.45, 7) is 3.47. The van der Waals surface area contributed by atoms with Crippen LogP contribution in [0.4, 0.5) is 0 Å². The van der Waals surface area contributed by atoms with Crippen molar-refractivity contribution in [2.24, 2.45) is 5.92 Å². The first kappa shape index (κ1) is 14.4. The number of methoxy groups -OCH3 is 1. The highest BCUT2D eigenvalue weighted by Gasteiger charge is 2.20. The molecular formula is C17H23NO3. The largest absolute Gasteiger partial charge is 0.493 e. The standard InChI is InChI=1S/C17H23NO3/c1-19-16-5-2-4-14-10-15(21-17(14)16)11-18-8-3-9-20-12-13-6-7-13/h2,4-5,10,13,18H,3,6-9,11-12H2,1H3. The molecule has 3 rings (SSSR count). The van der Waals surface area contributed by atoms with E-state index in [0.717, 1.165) is 61.1 Å². The van der Waals surface area contributed by atoms with Gasteiger partial charge in [0.15, 0.2) is 11.3 Å². The van der Waals surface area contributed by atoms with Gasteiger partial charge in [-0.2, -0.15) is 0 Å². The number of nitrogens with one attached hydrogen (secondary N) is 1. The minimum absolute atomic E-state index is 0.737. The van der Waals surface area contributed by atoms with Gasteiger partial charge in [-0.3, -0.25) is 0 Å². The Balaban J connectivity index is 1.40. The number of furan rings is 1. The van der Waals surface area contributed by atoms with Gasteiger partial charge in [-0.25, -0.2) is 0 Å². The van der Waals surface area contributed by atoms with E-state index in [4.69, 9.17) is 13.9 Å². The summed E-state index contributed by atoms with van der Waals surface area (Å²) in [5, 5.41) is 4.47. The molecule has 1 heterocycles. The molecule has 4 nitrogen and oxygen atoms in total. The predicted octanol–water partition coefficient (Wildman–Crippen LogP) is 3.35. The Morgan fingerprint density at radius 1 is 1.33 bits per heavy atom. The van der Waals surface area contributed by atoms with Gasteiger partial charge < -0.3 is 19.2 Å². The van der Waals surface area contributed by atoms with Crippen molar-refractivity contribution in [3.63, 3.8) is 0 Å². The second kappa shape index (κ2) is 6.96. The molecule has 1 fully saturated rings. The topological polar surface area (TPSA) is 43.6 Å². The minimum atomic E-state index is 0.737. The van der Waals surface area contributed by atoms with Crippen LogP contribution < -0.4 is 10.1 Å². The van der Waals surface area contributed by atoms with E-state index in [1.54, 1.807) is 7.11 Å².